The van der Waals surface area contributed by atoms with Crippen LogP contribution in [0.15, 0.2) is 52.7 Å². The van der Waals surface area contributed by atoms with E-state index in [1.165, 1.54) is 35.6 Å². The Labute approximate surface area is 182 Å². The molecule has 3 aromatic rings. The molecule has 1 aliphatic rings. The molecule has 152 valence electrons. The first-order chi connectivity index (χ1) is 13.8. The van der Waals surface area contributed by atoms with Crippen LogP contribution in [0.1, 0.15) is 12.8 Å². The van der Waals surface area contributed by atoms with Crippen LogP contribution in [0.3, 0.4) is 0 Å². The predicted molar refractivity (Wildman–Crippen MR) is 116 cm³/mol. The van der Waals surface area contributed by atoms with Gasteiger partial charge in [-0.15, -0.1) is 11.3 Å². The Bertz CT molecular complexity index is 1110. The zero-order chi connectivity index (χ0) is 20.6. The zero-order valence-corrected chi connectivity index (χ0v) is 18.3. The number of benzene rings is 2. The summed E-state index contributed by atoms with van der Waals surface area (Å²) in [5, 5.41) is 3.41. The molecular formula is C20H17Cl2FN2O2S2. The molecule has 2 aromatic carbocycles. The van der Waals surface area contributed by atoms with Crippen LogP contribution in [-0.2, 0) is 9.84 Å². The predicted octanol–water partition coefficient (Wildman–Crippen LogP) is 5.70. The number of hydrogen-bond donors (Lipinski definition) is 0. The van der Waals surface area contributed by atoms with Gasteiger partial charge in [0.1, 0.15) is 5.82 Å². The first kappa shape index (κ1) is 20.6. The van der Waals surface area contributed by atoms with Gasteiger partial charge in [-0.2, -0.15) is 0 Å². The van der Waals surface area contributed by atoms with Gasteiger partial charge in [-0.05, 0) is 55.3 Å². The summed E-state index contributed by atoms with van der Waals surface area (Å²) < 4.78 is 38.7. The maximum atomic E-state index is 13.1. The average Bonchev–Trinajstić information content (AvgIpc) is 3.18. The van der Waals surface area contributed by atoms with Gasteiger partial charge in [0.15, 0.2) is 15.0 Å². The monoisotopic (exact) mass is 470 g/mol. The van der Waals surface area contributed by atoms with Crippen molar-refractivity contribution in [3.05, 3.63) is 63.7 Å². The zero-order valence-electron chi connectivity index (χ0n) is 15.2. The largest absolute Gasteiger partial charge is 0.348 e. The molecule has 0 saturated carbocycles. The lowest BCUT2D eigenvalue weighted by Crippen LogP contribution is -2.39. The second-order valence-corrected chi connectivity index (χ2v) is 10.8. The van der Waals surface area contributed by atoms with E-state index in [2.05, 4.69) is 9.88 Å². The lowest BCUT2D eigenvalue weighted by Gasteiger charge is -2.31. The van der Waals surface area contributed by atoms with Gasteiger partial charge in [0, 0.05) is 34.1 Å². The van der Waals surface area contributed by atoms with Crippen molar-refractivity contribution in [2.75, 3.05) is 18.0 Å². The third-order valence-corrected chi connectivity index (χ3v) is 8.56. The van der Waals surface area contributed by atoms with Gasteiger partial charge in [-0.1, -0.05) is 23.2 Å². The van der Waals surface area contributed by atoms with Crippen LogP contribution in [0.25, 0.3) is 11.3 Å². The third kappa shape index (κ3) is 4.43. The number of nitrogens with zero attached hydrogens (tertiary/aromatic N) is 2. The van der Waals surface area contributed by atoms with Crippen LogP contribution in [0, 0.1) is 5.82 Å². The van der Waals surface area contributed by atoms with E-state index < -0.39 is 20.9 Å². The Morgan fingerprint density at radius 1 is 1.03 bits per heavy atom. The molecule has 1 fully saturated rings. The number of anilines is 1. The summed E-state index contributed by atoms with van der Waals surface area (Å²) in [6.07, 6.45) is 0.995. The van der Waals surface area contributed by atoms with E-state index in [1.54, 1.807) is 6.07 Å². The fourth-order valence-corrected chi connectivity index (χ4v) is 6.56. The van der Waals surface area contributed by atoms with E-state index in [9.17, 15) is 12.8 Å². The molecule has 1 aliphatic heterocycles. The molecular weight excluding hydrogens is 454 g/mol. The van der Waals surface area contributed by atoms with Crippen molar-refractivity contribution in [3.8, 4) is 11.3 Å². The van der Waals surface area contributed by atoms with Crippen LogP contribution in [0.5, 0.6) is 0 Å². The van der Waals surface area contributed by atoms with Gasteiger partial charge in [0.2, 0.25) is 0 Å². The third-order valence-electron chi connectivity index (χ3n) is 4.94. The topological polar surface area (TPSA) is 50.3 Å². The van der Waals surface area contributed by atoms with Gasteiger partial charge in [0.25, 0.3) is 0 Å². The maximum absolute atomic E-state index is 13.1. The van der Waals surface area contributed by atoms with Gasteiger partial charge in [0.05, 0.1) is 15.8 Å². The molecule has 1 aromatic heterocycles. The van der Waals surface area contributed by atoms with E-state index in [4.69, 9.17) is 23.2 Å². The van der Waals surface area contributed by atoms with Crippen molar-refractivity contribution in [1.29, 1.82) is 0 Å². The van der Waals surface area contributed by atoms with E-state index >= 15 is 0 Å². The molecule has 29 heavy (non-hydrogen) atoms. The van der Waals surface area contributed by atoms with Crippen LogP contribution in [0.2, 0.25) is 10.0 Å². The minimum absolute atomic E-state index is 0.173. The second kappa shape index (κ2) is 8.22. The number of hydrogen-bond acceptors (Lipinski definition) is 5. The summed E-state index contributed by atoms with van der Waals surface area (Å²) in [6.45, 7) is 1.18. The van der Waals surface area contributed by atoms with Gasteiger partial charge in [-0.3, -0.25) is 0 Å². The molecule has 0 spiro atoms. The number of thiazole rings is 1. The summed E-state index contributed by atoms with van der Waals surface area (Å²) >= 11 is 13.7. The summed E-state index contributed by atoms with van der Waals surface area (Å²) in [5.74, 6) is -0.445. The molecule has 4 rings (SSSR count). The standard InChI is InChI=1S/C20H17Cl2FN2O2S2/c21-14-9-13(10-15(22)11-14)19-12-28-20(24-19)25-7-5-18(6-8-25)29(26,27)17-3-1-16(23)2-4-17/h1-4,9-12,18H,5-8H2. The minimum Gasteiger partial charge on any atom is -0.348 e. The molecule has 0 radical (unpaired) electrons. The van der Waals surface area contributed by atoms with E-state index in [0.29, 0.717) is 36.0 Å². The highest BCUT2D eigenvalue weighted by atomic mass is 35.5. The fraction of sp³-hybridized carbons (Fsp3) is 0.250. The smallest absolute Gasteiger partial charge is 0.185 e. The molecule has 2 heterocycles. The van der Waals surface area contributed by atoms with E-state index in [-0.39, 0.29) is 4.90 Å². The Balaban J connectivity index is 1.46. The average molecular weight is 471 g/mol. The molecule has 0 aliphatic carbocycles. The van der Waals surface area contributed by atoms with Crippen LogP contribution in [-0.4, -0.2) is 31.7 Å². The summed E-state index contributed by atoms with van der Waals surface area (Å²) in [5.41, 5.74) is 1.63. The van der Waals surface area contributed by atoms with E-state index in [1.807, 2.05) is 17.5 Å². The number of aromatic nitrogens is 1. The maximum Gasteiger partial charge on any atom is 0.185 e. The van der Waals surface area contributed by atoms with Crippen LogP contribution < -0.4 is 4.90 Å². The van der Waals surface area contributed by atoms with Gasteiger partial charge >= 0.3 is 0 Å². The lowest BCUT2D eigenvalue weighted by molar-refractivity contribution is 0.529. The highest BCUT2D eigenvalue weighted by Crippen LogP contribution is 2.33. The highest BCUT2D eigenvalue weighted by molar-refractivity contribution is 7.92. The normalized spacial score (nSPS) is 15.6. The summed E-state index contributed by atoms with van der Waals surface area (Å²) in [6, 6.07) is 10.3. The van der Waals surface area contributed by atoms with Crippen molar-refractivity contribution < 1.29 is 12.8 Å². The number of halogens is 3. The van der Waals surface area contributed by atoms with Crippen LogP contribution in [0.4, 0.5) is 9.52 Å². The first-order valence-electron chi connectivity index (χ1n) is 8.99. The Morgan fingerprint density at radius 3 is 2.28 bits per heavy atom. The summed E-state index contributed by atoms with van der Waals surface area (Å²) in [4.78, 5) is 6.94. The Kier molecular flexibility index (Phi) is 5.84. The minimum atomic E-state index is -3.47. The molecule has 0 N–H and O–H groups in total. The van der Waals surface area contributed by atoms with Crippen molar-refractivity contribution in [2.24, 2.45) is 0 Å². The number of rotatable bonds is 4. The van der Waals surface area contributed by atoms with E-state index in [0.717, 1.165) is 16.4 Å². The quantitative estimate of drug-likeness (QED) is 0.458. The van der Waals surface area contributed by atoms with Crippen molar-refractivity contribution in [3.63, 3.8) is 0 Å². The Hall–Kier alpha value is -1.67. The molecule has 1 saturated heterocycles. The molecule has 0 bridgehead atoms. The number of piperidine rings is 1. The van der Waals surface area contributed by atoms with Crippen molar-refractivity contribution in [2.45, 2.75) is 23.0 Å². The summed E-state index contributed by atoms with van der Waals surface area (Å²) in [7, 11) is -3.47. The molecule has 0 unspecified atom stereocenters. The fourth-order valence-electron chi connectivity index (χ4n) is 3.42. The molecule has 0 atom stereocenters. The van der Waals surface area contributed by atoms with Crippen molar-refractivity contribution >= 4 is 49.5 Å². The first-order valence-corrected chi connectivity index (χ1v) is 12.2. The Morgan fingerprint density at radius 2 is 1.66 bits per heavy atom. The van der Waals surface area contributed by atoms with Gasteiger partial charge < -0.3 is 4.90 Å². The van der Waals surface area contributed by atoms with Crippen molar-refractivity contribution in [1.82, 2.24) is 4.98 Å². The lowest BCUT2D eigenvalue weighted by atomic mass is 10.1. The molecule has 4 nitrogen and oxygen atoms in total. The SMILES string of the molecule is O=S(=O)(c1ccc(F)cc1)C1CCN(c2nc(-c3cc(Cl)cc(Cl)c3)cs2)CC1. The molecule has 0 amide bonds. The van der Waals surface area contributed by atoms with Gasteiger partial charge in [-0.25, -0.2) is 17.8 Å². The highest BCUT2D eigenvalue weighted by Gasteiger charge is 2.32. The second-order valence-electron chi connectivity index (χ2n) is 6.86. The number of sulfone groups is 1. The molecule has 9 heteroatoms. The van der Waals surface area contributed by atoms with Crippen LogP contribution >= 0.6 is 34.5 Å².